The lowest BCUT2D eigenvalue weighted by Gasteiger charge is -2.36. The van der Waals surface area contributed by atoms with Gasteiger partial charge in [-0.1, -0.05) is 19.3 Å². The van der Waals surface area contributed by atoms with Crippen LogP contribution in [0.4, 0.5) is 0 Å². The van der Waals surface area contributed by atoms with E-state index in [0.717, 1.165) is 25.5 Å². The van der Waals surface area contributed by atoms with Gasteiger partial charge < -0.3 is 10.1 Å². The zero-order chi connectivity index (χ0) is 10.3. The summed E-state index contributed by atoms with van der Waals surface area (Å²) >= 11 is 6.06. The second kappa shape index (κ2) is 6.65. The zero-order valence-corrected chi connectivity index (χ0v) is 9.91. The first-order chi connectivity index (χ1) is 6.83. The molecule has 1 aliphatic rings. The Morgan fingerprint density at radius 2 is 2.00 bits per heavy atom. The molecule has 1 rings (SSSR count). The Labute approximate surface area is 92.3 Å². The second-order valence-corrected chi connectivity index (χ2v) is 4.52. The molecule has 0 aromatic carbocycles. The average Bonchev–Trinajstić information content (AvgIpc) is 2.26. The van der Waals surface area contributed by atoms with E-state index >= 15 is 0 Å². The third-order valence-electron chi connectivity index (χ3n) is 3.09. The van der Waals surface area contributed by atoms with Gasteiger partial charge in [0.25, 0.3) is 0 Å². The number of rotatable bonds is 6. The van der Waals surface area contributed by atoms with Gasteiger partial charge in [0.15, 0.2) is 0 Å². The number of ether oxygens (including phenoxy) is 1. The maximum atomic E-state index is 6.06. The normalized spacial score (nSPS) is 21.0. The molecule has 0 unspecified atom stereocenters. The summed E-state index contributed by atoms with van der Waals surface area (Å²) in [5, 5.41) is 3.61. The molecule has 84 valence electrons. The van der Waals surface area contributed by atoms with Crippen molar-refractivity contribution >= 4 is 11.6 Å². The highest BCUT2D eigenvalue weighted by atomic mass is 35.5. The van der Waals surface area contributed by atoms with Crippen LogP contribution in [0.25, 0.3) is 0 Å². The highest BCUT2D eigenvalue weighted by Crippen LogP contribution is 2.29. The van der Waals surface area contributed by atoms with Crippen molar-refractivity contribution in [2.45, 2.75) is 44.1 Å². The van der Waals surface area contributed by atoms with Crippen LogP contribution in [0.2, 0.25) is 0 Å². The Bertz CT molecular complexity index is 146. The van der Waals surface area contributed by atoms with E-state index in [4.69, 9.17) is 16.3 Å². The smallest absolute Gasteiger partial charge is 0.0474 e. The number of halogens is 1. The molecule has 14 heavy (non-hydrogen) atoms. The Morgan fingerprint density at radius 1 is 1.29 bits per heavy atom. The zero-order valence-electron chi connectivity index (χ0n) is 9.15. The fourth-order valence-corrected chi connectivity index (χ4v) is 2.52. The molecule has 0 spiro atoms. The Balaban J connectivity index is 2.22. The summed E-state index contributed by atoms with van der Waals surface area (Å²) in [6, 6.07) is 0. The summed E-state index contributed by atoms with van der Waals surface area (Å²) in [5.74, 6) is 0.750. The predicted octanol–water partition coefficient (Wildman–Crippen LogP) is 2.55. The van der Waals surface area contributed by atoms with Crippen molar-refractivity contribution < 1.29 is 4.74 Å². The molecule has 0 bridgehead atoms. The van der Waals surface area contributed by atoms with Gasteiger partial charge in [0.1, 0.15) is 0 Å². The fourth-order valence-electron chi connectivity index (χ4n) is 2.16. The van der Waals surface area contributed by atoms with Crippen LogP contribution < -0.4 is 5.32 Å². The van der Waals surface area contributed by atoms with Crippen LogP contribution in [0.3, 0.4) is 0 Å². The molecule has 0 aromatic rings. The summed E-state index contributed by atoms with van der Waals surface area (Å²) in [4.78, 5) is 0. The molecule has 0 amide bonds. The van der Waals surface area contributed by atoms with Crippen molar-refractivity contribution in [3.8, 4) is 0 Å². The maximum Gasteiger partial charge on any atom is 0.0474 e. The minimum Gasteiger partial charge on any atom is -0.385 e. The lowest BCUT2D eigenvalue weighted by Crippen LogP contribution is -2.49. The molecule has 0 aromatic heterocycles. The monoisotopic (exact) mass is 219 g/mol. The average molecular weight is 220 g/mol. The van der Waals surface area contributed by atoms with Crippen LogP contribution in [0.15, 0.2) is 0 Å². The summed E-state index contributed by atoms with van der Waals surface area (Å²) in [7, 11) is 1.75. The minimum absolute atomic E-state index is 0.230. The molecule has 1 N–H and O–H groups in total. The molecule has 0 saturated heterocycles. The SMILES string of the molecule is COCCCNC1(CCl)CCCCC1. The van der Waals surface area contributed by atoms with E-state index in [1.165, 1.54) is 32.1 Å². The number of nitrogens with one attached hydrogen (secondary N) is 1. The lowest BCUT2D eigenvalue weighted by atomic mass is 9.83. The van der Waals surface area contributed by atoms with Crippen molar-refractivity contribution in [3.05, 3.63) is 0 Å². The van der Waals surface area contributed by atoms with Crippen molar-refractivity contribution in [1.82, 2.24) is 5.32 Å². The Morgan fingerprint density at radius 3 is 2.57 bits per heavy atom. The van der Waals surface area contributed by atoms with Gasteiger partial charge in [-0.2, -0.15) is 0 Å². The van der Waals surface area contributed by atoms with Gasteiger partial charge in [-0.3, -0.25) is 0 Å². The fraction of sp³-hybridized carbons (Fsp3) is 1.00. The predicted molar refractivity (Wildman–Crippen MR) is 61.0 cm³/mol. The standard InChI is InChI=1S/C11H22ClNO/c1-14-9-5-8-13-11(10-12)6-3-2-4-7-11/h13H,2-10H2,1H3. The molecular formula is C11H22ClNO. The first-order valence-corrected chi connectivity index (χ1v) is 6.16. The molecule has 0 atom stereocenters. The van der Waals surface area contributed by atoms with E-state index in [9.17, 15) is 0 Å². The van der Waals surface area contributed by atoms with Gasteiger partial charge in [-0.05, 0) is 25.8 Å². The van der Waals surface area contributed by atoms with Crippen molar-refractivity contribution in [2.24, 2.45) is 0 Å². The largest absolute Gasteiger partial charge is 0.385 e. The van der Waals surface area contributed by atoms with Crippen molar-refractivity contribution in [3.63, 3.8) is 0 Å². The number of methoxy groups -OCH3 is 1. The third kappa shape index (κ3) is 3.76. The van der Waals surface area contributed by atoms with Gasteiger partial charge in [0.2, 0.25) is 0 Å². The number of hydrogen-bond donors (Lipinski definition) is 1. The summed E-state index contributed by atoms with van der Waals surface area (Å²) in [6.07, 6.45) is 7.58. The van der Waals surface area contributed by atoms with Crippen LogP contribution in [0, 0.1) is 0 Å². The number of hydrogen-bond acceptors (Lipinski definition) is 2. The van der Waals surface area contributed by atoms with E-state index in [2.05, 4.69) is 5.32 Å². The van der Waals surface area contributed by atoms with Crippen molar-refractivity contribution in [1.29, 1.82) is 0 Å². The molecule has 0 heterocycles. The van der Waals surface area contributed by atoms with E-state index in [-0.39, 0.29) is 5.54 Å². The second-order valence-electron chi connectivity index (χ2n) is 4.25. The van der Waals surface area contributed by atoms with E-state index in [0.29, 0.717) is 0 Å². The molecule has 1 fully saturated rings. The molecule has 0 aliphatic heterocycles. The quantitative estimate of drug-likeness (QED) is 0.548. The van der Waals surface area contributed by atoms with Crippen LogP contribution in [-0.4, -0.2) is 31.7 Å². The molecule has 3 heteroatoms. The first kappa shape index (κ1) is 12.3. The topological polar surface area (TPSA) is 21.3 Å². The van der Waals surface area contributed by atoms with Gasteiger partial charge in [-0.25, -0.2) is 0 Å². The maximum absolute atomic E-state index is 6.06. The van der Waals surface area contributed by atoms with Gasteiger partial charge in [0.05, 0.1) is 0 Å². The summed E-state index contributed by atoms with van der Waals surface area (Å²) in [5.41, 5.74) is 0.230. The summed E-state index contributed by atoms with van der Waals surface area (Å²) in [6.45, 7) is 1.87. The Kier molecular flexibility index (Phi) is 5.83. The number of alkyl halides is 1. The van der Waals surface area contributed by atoms with Crippen LogP contribution in [0.5, 0.6) is 0 Å². The van der Waals surface area contributed by atoms with Gasteiger partial charge in [-0.15, -0.1) is 11.6 Å². The third-order valence-corrected chi connectivity index (χ3v) is 3.60. The van der Waals surface area contributed by atoms with Gasteiger partial charge >= 0.3 is 0 Å². The van der Waals surface area contributed by atoms with Gasteiger partial charge in [0, 0.05) is 25.1 Å². The van der Waals surface area contributed by atoms with Crippen molar-refractivity contribution in [2.75, 3.05) is 26.1 Å². The highest BCUT2D eigenvalue weighted by molar-refractivity contribution is 6.18. The lowest BCUT2D eigenvalue weighted by molar-refractivity contribution is 0.185. The Hall–Kier alpha value is 0.210. The molecule has 2 nitrogen and oxygen atoms in total. The van der Waals surface area contributed by atoms with E-state index < -0.39 is 0 Å². The highest BCUT2D eigenvalue weighted by Gasteiger charge is 2.29. The minimum atomic E-state index is 0.230. The van der Waals surface area contributed by atoms with E-state index in [1.807, 2.05) is 0 Å². The molecular weight excluding hydrogens is 198 g/mol. The van der Waals surface area contributed by atoms with E-state index in [1.54, 1.807) is 7.11 Å². The first-order valence-electron chi connectivity index (χ1n) is 5.63. The van der Waals surface area contributed by atoms with Crippen LogP contribution in [-0.2, 0) is 4.74 Å². The van der Waals surface area contributed by atoms with Crippen LogP contribution >= 0.6 is 11.6 Å². The molecule has 1 saturated carbocycles. The molecule has 0 radical (unpaired) electrons. The van der Waals surface area contributed by atoms with Crippen LogP contribution in [0.1, 0.15) is 38.5 Å². The summed E-state index contributed by atoms with van der Waals surface area (Å²) < 4.78 is 5.02. The molecule has 1 aliphatic carbocycles.